The molecular formula is C16H15F3N4O. The molecule has 0 saturated carbocycles. The Morgan fingerprint density at radius 2 is 1.96 bits per heavy atom. The lowest BCUT2D eigenvalue weighted by Gasteiger charge is -2.24. The van der Waals surface area contributed by atoms with Crippen LogP contribution in [0, 0.1) is 5.92 Å². The van der Waals surface area contributed by atoms with E-state index < -0.39 is 17.7 Å². The minimum absolute atomic E-state index is 0.0493. The van der Waals surface area contributed by atoms with E-state index in [1.165, 1.54) is 12.1 Å². The Hall–Kier alpha value is -2.64. The summed E-state index contributed by atoms with van der Waals surface area (Å²) in [5.41, 5.74) is 12.0. The number of nitrogen functional groups attached to an aromatic ring is 2. The zero-order chi connectivity index (χ0) is 17.5. The van der Waals surface area contributed by atoms with Crippen molar-refractivity contribution in [3.8, 4) is 0 Å². The van der Waals surface area contributed by atoms with Crippen LogP contribution in [0.2, 0.25) is 0 Å². The second-order valence-corrected chi connectivity index (χ2v) is 5.77. The number of fused-ring (bicyclic) bond motifs is 1. The molecule has 24 heavy (non-hydrogen) atoms. The average Bonchev–Trinajstić information content (AvgIpc) is 2.53. The third-order valence-electron chi connectivity index (χ3n) is 4.17. The van der Waals surface area contributed by atoms with E-state index in [9.17, 15) is 18.0 Å². The number of halogens is 3. The lowest BCUT2D eigenvalue weighted by atomic mass is 9.82. The molecule has 2 aromatic rings. The summed E-state index contributed by atoms with van der Waals surface area (Å²) in [4.78, 5) is 20.6. The third kappa shape index (κ3) is 3.04. The number of hydrogen-bond acceptors (Lipinski definition) is 5. The van der Waals surface area contributed by atoms with Gasteiger partial charge >= 0.3 is 6.18 Å². The van der Waals surface area contributed by atoms with Crippen LogP contribution >= 0.6 is 0 Å². The van der Waals surface area contributed by atoms with Crippen molar-refractivity contribution in [2.45, 2.75) is 25.4 Å². The van der Waals surface area contributed by atoms with Crippen molar-refractivity contribution < 1.29 is 18.0 Å². The van der Waals surface area contributed by atoms with Crippen LogP contribution in [0.5, 0.6) is 0 Å². The van der Waals surface area contributed by atoms with E-state index in [0.717, 1.165) is 12.1 Å². The van der Waals surface area contributed by atoms with Crippen LogP contribution in [0.3, 0.4) is 0 Å². The van der Waals surface area contributed by atoms with Gasteiger partial charge in [-0.05, 0) is 31.4 Å². The molecule has 1 heterocycles. The van der Waals surface area contributed by atoms with Crippen molar-refractivity contribution in [2.24, 2.45) is 5.92 Å². The molecule has 0 spiro atoms. The molecule has 0 radical (unpaired) electrons. The van der Waals surface area contributed by atoms with Gasteiger partial charge in [-0.2, -0.15) is 18.2 Å². The highest BCUT2D eigenvalue weighted by molar-refractivity contribution is 5.98. The fraction of sp³-hybridized carbons (Fsp3) is 0.312. The Labute approximate surface area is 135 Å². The second kappa shape index (κ2) is 5.77. The number of ketones is 1. The van der Waals surface area contributed by atoms with Gasteiger partial charge in [0.05, 0.1) is 11.3 Å². The van der Waals surface area contributed by atoms with E-state index >= 15 is 0 Å². The lowest BCUT2D eigenvalue weighted by Crippen LogP contribution is -2.25. The van der Waals surface area contributed by atoms with Crippen LogP contribution in [-0.2, 0) is 19.0 Å². The van der Waals surface area contributed by atoms with Gasteiger partial charge in [0.1, 0.15) is 5.82 Å². The fourth-order valence-electron chi connectivity index (χ4n) is 2.97. The van der Waals surface area contributed by atoms with E-state index in [0.29, 0.717) is 30.5 Å². The lowest BCUT2D eigenvalue weighted by molar-refractivity contribution is -0.137. The highest BCUT2D eigenvalue weighted by Gasteiger charge is 2.33. The molecule has 0 aliphatic heterocycles. The molecule has 1 unspecified atom stereocenters. The molecule has 0 amide bonds. The number of carbonyl (C=O) groups is 1. The molecule has 4 N–H and O–H groups in total. The highest BCUT2D eigenvalue weighted by atomic mass is 19.4. The van der Waals surface area contributed by atoms with Crippen LogP contribution in [0.15, 0.2) is 24.3 Å². The number of rotatable bonds is 2. The minimum atomic E-state index is -4.48. The summed E-state index contributed by atoms with van der Waals surface area (Å²) in [6.45, 7) is 0. The minimum Gasteiger partial charge on any atom is -0.383 e. The molecule has 1 aliphatic rings. The van der Waals surface area contributed by atoms with Gasteiger partial charge in [-0.1, -0.05) is 12.1 Å². The number of aromatic nitrogens is 2. The number of anilines is 2. The Balaban J connectivity index is 1.87. The maximum absolute atomic E-state index is 12.8. The number of aryl methyl sites for hydroxylation is 1. The van der Waals surface area contributed by atoms with Crippen LogP contribution in [-0.4, -0.2) is 15.8 Å². The Bertz CT molecular complexity index is 804. The van der Waals surface area contributed by atoms with E-state index in [4.69, 9.17) is 11.5 Å². The number of Topliss-reactive ketones (excluding diaryl/α,β-unsaturated/α-hetero) is 1. The first-order valence-electron chi connectivity index (χ1n) is 7.38. The first-order chi connectivity index (χ1) is 11.3. The summed E-state index contributed by atoms with van der Waals surface area (Å²) in [6.07, 6.45) is -3.21. The van der Waals surface area contributed by atoms with Gasteiger partial charge in [-0.15, -0.1) is 0 Å². The molecule has 1 aliphatic carbocycles. The Morgan fingerprint density at radius 1 is 1.21 bits per heavy atom. The van der Waals surface area contributed by atoms with E-state index in [1.54, 1.807) is 0 Å². The maximum atomic E-state index is 12.8. The molecule has 3 rings (SSSR count). The van der Waals surface area contributed by atoms with Gasteiger partial charge in [-0.25, -0.2) is 4.98 Å². The van der Waals surface area contributed by atoms with Gasteiger partial charge in [-0.3, -0.25) is 4.79 Å². The summed E-state index contributed by atoms with van der Waals surface area (Å²) in [5, 5.41) is 0. The topological polar surface area (TPSA) is 94.9 Å². The molecule has 8 heteroatoms. The van der Waals surface area contributed by atoms with Crippen molar-refractivity contribution in [1.29, 1.82) is 0 Å². The van der Waals surface area contributed by atoms with Crippen LogP contribution in [0.25, 0.3) is 0 Å². The largest absolute Gasteiger partial charge is 0.416 e. The maximum Gasteiger partial charge on any atom is 0.416 e. The molecule has 0 fully saturated rings. The number of nitrogens with zero attached hydrogens (tertiary/aromatic N) is 2. The first kappa shape index (κ1) is 16.2. The predicted molar refractivity (Wildman–Crippen MR) is 82.1 cm³/mol. The molecular weight excluding hydrogens is 321 g/mol. The Kier molecular flexibility index (Phi) is 3.90. The summed E-state index contributed by atoms with van der Waals surface area (Å²) in [5.74, 6) is -0.480. The number of carbonyl (C=O) groups excluding carboxylic acids is 1. The average molecular weight is 336 g/mol. The van der Waals surface area contributed by atoms with Gasteiger partial charge in [0.25, 0.3) is 0 Å². The molecule has 0 saturated heterocycles. The summed E-state index contributed by atoms with van der Waals surface area (Å²) in [6, 6.07) is 4.48. The van der Waals surface area contributed by atoms with E-state index in [2.05, 4.69) is 9.97 Å². The molecule has 0 bridgehead atoms. The smallest absolute Gasteiger partial charge is 0.383 e. The van der Waals surface area contributed by atoms with Crippen LogP contribution in [0.4, 0.5) is 24.9 Å². The summed E-state index contributed by atoms with van der Waals surface area (Å²) >= 11 is 0. The predicted octanol–water partition coefficient (Wildman–Crippen LogP) is 2.65. The van der Waals surface area contributed by atoms with Gasteiger partial charge in [0, 0.05) is 17.0 Å². The van der Waals surface area contributed by atoms with Crippen molar-refractivity contribution in [2.75, 3.05) is 11.5 Å². The van der Waals surface area contributed by atoms with Gasteiger partial charge in [0.2, 0.25) is 5.95 Å². The molecule has 1 aromatic heterocycles. The molecule has 1 aromatic carbocycles. The van der Waals surface area contributed by atoms with Crippen molar-refractivity contribution in [1.82, 2.24) is 9.97 Å². The van der Waals surface area contributed by atoms with Crippen LogP contribution in [0.1, 0.15) is 33.6 Å². The van der Waals surface area contributed by atoms with Crippen LogP contribution < -0.4 is 11.5 Å². The third-order valence-corrected chi connectivity index (χ3v) is 4.17. The summed E-state index contributed by atoms with van der Waals surface area (Å²) < 4.78 is 38.4. The standard InChI is InChI=1S/C16H15F3N4O/c17-16(18,19)10-3-1-2-8(6-10)13(24)9-4-5-12-11(7-9)14(20)23-15(21)22-12/h1-3,6,9H,4-5,7H2,(H4,20,21,22,23). The zero-order valence-corrected chi connectivity index (χ0v) is 12.6. The highest BCUT2D eigenvalue weighted by Crippen LogP contribution is 2.33. The normalized spacial score (nSPS) is 17.4. The van der Waals surface area contributed by atoms with E-state index in [1.807, 2.05) is 0 Å². The SMILES string of the molecule is Nc1nc(N)c2c(n1)CCC(C(=O)c1cccc(C(F)(F)F)c1)C2. The number of benzene rings is 1. The van der Waals surface area contributed by atoms with Gasteiger partial charge in [0.15, 0.2) is 5.78 Å². The number of alkyl halides is 3. The summed E-state index contributed by atoms with van der Waals surface area (Å²) in [7, 11) is 0. The number of hydrogen-bond donors (Lipinski definition) is 2. The first-order valence-corrected chi connectivity index (χ1v) is 7.38. The van der Waals surface area contributed by atoms with Gasteiger partial charge < -0.3 is 11.5 Å². The monoisotopic (exact) mass is 336 g/mol. The van der Waals surface area contributed by atoms with Crippen molar-refractivity contribution >= 4 is 17.5 Å². The zero-order valence-electron chi connectivity index (χ0n) is 12.6. The molecule has 5 nitrogen and oxygen atoms in total. The second-order valence-electron chi connectivity index (χ2n) is 5.77. The molecule has 1 atom stereocenters. The van der Waals surface area contributed by atoms with E-state index in [-0.39, 0.29) is 23.1 Å². The fourth-order valence-corrected chi connectivity index (χ4v) is 2.97. The van der Waals surface area contributed by atoms with Crippen molar-refractivity contribution in [3.05, 3.63) is 46.6 Å². The Morgan fingerprint density at radius 3 is 2.67 bits per heavy atom. The van der Waals surface area contributed by atoms with Crippen molar-refractivity contribution in [3.63, 3.8) is 0 Å². The quantitative estimate of drug-likeness (QED) is 0.822. The molecule has 126 valence electrons. The number of nitrogens with two attached hydrogens (primary N) is 2.